The molecule has 5 rings (SSSR count). The van der Waals surface area contributed by atoms with Gasteiger partial charge in [-0.2, -0.15) is 13.2 Å². The number of nitrogens with zero attached hydrogens (tertiary/aromatic N) is 2. The second-order valence-electron chi connectivity index (χ2n) is 11.5. The molecule has 7 nitrogen and oxygen atoms in total. The standard InChI is InChI=1S/C33H38F3N3O4S/c1-2-44(41,42)30-12-3-23(4-13-30)19-26-20-28(11-14-31(26)32(37)40)39-21-25(24-5-8-27(9-6-24)33(34,35)36)7-10-29(39)22-38-15-17-43-18-16-38/h3-6,8-9,11-14,20,25,29H,2,7,10,15-19,21-22H2,1H3,(H2,37,40)/t25-,29-/m0/s1. The van der Waals surface area contributed by atoms with Gasteiger partial charge >= 0.3 is 6.18 Å². The molecular weight excluding hydrogens is 591 g/mol. The van der Waals surface area contributed by atoms with E-state index < -0.39 is 27.5 Å². The second-order valence-corrected chi connectivity index (χ2v) is 13.8. The number of carbonyl (C=O) groups is 1. The van der Waals surface area contributed by atoms with Gasteiger partial charge in [0, 0.05) is 49.4 Å². The Morgan fingerprint density at radius 3 is 2.27 bits per heavy atom. The van der Waals surface area contributed by atoms with Crippen molar-refractivity contribution in [1.82, 2.24) is 4.90 Å². The lowest BCUT2D eigenvalue weighted by Gasteiger charge is -2.44. The van der Waals surface area contributed by atoms with Gasteiger partial charge in [-0.15, -0.1) is 0 Å². The molecule has 3 aromatic carbocycles. The summed E-state index contributed by atoms with van der Waals surface area (Å²) in [6.45, 7) is 6.06. The summed E-state index contributed by atoms with van der Waals surface area (Å²) in [4.78, 5) is 17.4. The van der Waals surface area contributed by atoms with E-state index in [2.05, 4.69) is 9.80 Å². The maximum absolute atomic E-state index is 13.2. The average Bonchev–Trinajstić information content (AvgIpc) is 3.01. The highest BCUT2D eigenvalue weighted by atomic mass is 32.2. The summed E-state index contributed by atoms with van der Waals surface area (Å²) >= 11 is 0. The predicted octanol–water partition coefficient (Wildman–Crippen LogP) is 5.27. The van der Waals surface area contributed by atoms with Crippen molar-refractivity contribution in [2.24, 2.45) is 5.73 Å². The van der Waals surface area contributed by atoms with Crippen molar-refractivity contribution < 1.29 is 31.1 Å². The number of piperidine rings is 1. The third kappa shape index (κ3) is 7.44. The van der Waals surface area contributed by atoms with Crippen LogP contribution in [0.1, 0.15) is 58.3 Å². The van der Waals surface area contributed by atoms with Gasteiger partial charge in [0.1, 0.15) is 0 Å². The highest BCUT2D eigenvalue weighted by Crippen LogP contribution is 2.37. The predicted molar refractivity (Wildman–Crippen MR) is 164 cm³/mol. The van der Waals surface area contributed by atoms with E-state index in [9.17, 15) is 26.4 Å². The van der Waals surface area contributed by atoms with Crippen LogP contribution in [-0.2, 0) is 27.2 Å². The number of nitrogens with two attached hydrogens (primary N) is 1. The van der Waals surface area contributed by atoms with Gasteiger partial charge in [0.2, 0.25) is 5.91 Å². The fourth-order valence-electron chi connectivity index (χ4n) is 6.18. The molecule has 0 saturated carbocycles. The molecule has 2 aliphatic rings. The maximum Gasteiger partial charge on any atom is 0.416 e. The first-order valence-electron chi connectivity index (χ1n) is 14.9. The lowest BCUT2D eigenvalue weighted by molar-refractivity contribution is -0.137. The van der Waals surface area contributed by atoms with E-state index >= 15 is 0 Å². The minimum Gasteiger partial charge on any atom is -0.379 e. The van der Waals surface area contributed by atoms with Crippen LogP contribution in [0.4, 0.5) is 18.9 Å². The van der Waals surface area contributed by atoms with Gasteiger partial charge in [-0.05, 0) is 78.4 Å². The molecular formula is C33H38F3N3O4S. The number of morpholine rings is 1. The quantitative estimate of drug-likeness (QED) is 0.347. The van der Waals surface area contributed by atoms with Crippen LogP contribution in [0.5, 0.6) is 0 Å². The Kier molecular flexibility index (Phi) is 9.67. The number of halogens is 3. The highest BCUT2D eigenvalue weighted by Gasteiger charge is 2.33. The molecule has 2 atom stereocenters. The monoisotopic (exact) mass is 629 g/mol. The third-order valence-corrected chi connectivity index (χ3v) is 10.5. The van der Waals surface area contributed by atoms with Gasteiger partial charge in [-0.25, -0.2) is 8.42 Å². The summed E-state index contributed by atoms with van der Waals surface area (Å²) in [5, 5.41) is 0. The number of carbonyl (C=O) groups excluding carboxylic acids is 1. The normalized spacial score (nSPS) is 20.0. The van der Waals surface area contributed by atoms with Crippen molar-refractivity contribution in [2.75, 3.05) is 50.0 Å². The molecule has 3 aromatic rings. The number of hydrogen-bond donors (Lipinski definition) is 1. The zero-order valence-corrected chi connectivity index (χ0v) is 25.5. The fourth-order valence-corrected chi connectivity index (χ4v) is 7.06. The number of primary amides is 1. The number of sulfone groups is 1. The zero-order valence-electron chi connectivity index (χ0n) is 24.7. The Hall–Kier alpha value is -3.41. The molecule has 11 heteroatoms. The number of anilines is 1. The number of alkyl halides is 3. The highest BCUT2D eigenvalue weighted by molar-refractivity contribution is 7.91. The van der Waals surface area contributed by atoms with Gasteiger partial charge in [-0.3, -0.25) is 9.69 Å². The molecule has 1 amide bonds. The van der Waals surface area contributed by atoms with Crippen LogP contribution in [0.15, 0.2) is 71.6 Å². The SMILES string of the molecule is CCS(=O)(=O)c1ccc(Cc2cc(N3C[C@@H](c4ccc(C(F)(F)F)cc4)CC[C@H]3CN3CCOCC3)ccc2C(N)=O)cc1. The first-order chi connectivity index (χ1) is 20.9. The molecule has 0 radical (unpaired) electrons. The van der Waals surface area contributed by atoms with Crippen LogP contribution >= 0.6 is 0 Å². The first-order valence-corrected chi connectivity index (χ1v) is 16.6. The molecule has 0 spiro atoms. The Balaban J connectivity index is 1.45. The molecule has 44 heavy (non-hydrogen) atoms. The van der Waals surface area contributed by atoms with E-state index in [0.29, 0.717) is 31.7 Å². The van der Waals surface area contributed by atoms with Crippen molar-refractivity contribution in [3.8, 4) is 0 Å². The molecule has 2 heterocycles. The number of amides is 1. The van der Waals surface area contributed by atoms with Crippen molar-refractivity contribution >= 4 is 21.4 Å². The molecule has 0 unspecified atom stereocenters. The van der Waals surface area contributed by atoms with Crippen LogP contribution in [0.2, 0.25) is 0 Å². The smallest absolute Gasteiger partial charge is 0.379 e. The molecule has 2 fully saturated rings. The van der Waals surface area contributed by atoms with E-state index in [1.165, 1.54) is 0 Å². The lowest BCUT2D eigenvalue weighted by Crippen LogP contribution is -2.51. The van der Waals surface area contributed by atoms with Crippen LogP contribution in [0.25, 0.3) is 0 Å². The topological polar surface area (TPSA) is 92.9 Å². The van der Waals surface area contributed by atoms with E-state index in [4.69, 9.17) is 10.5 Å². The first kappa shape index (κ1) is 32.0. The third-order valence-electron chi connectivity index (χ3n) is 8.73. The largest absolute Gasteiger partial charge is 0.416 e. The number of hydrogen-bond acceptors (Lipinski definition) is 6. The molecule has 0 aliphatic carbocycles. The number of benzene rings is 3. The van der Waals surface area contributed by atoms with Crippen molar-refractivity contribution in [1.29, 1.82) is 0 Å². The summed E-state index contributed by atoms with van der Waals surface area (Å²) in [5.74, 6) is -0.511. The van der Waals surface area contributed by atoms with Crippen LogP contribution in [0.3, 0.4) is 0 Å². The van der Waals surface area contributed by atoms with E-state index in [0.717, 1.165) is 67.0 Å². The van der Waals surface area contributed by atoms with Gasteiger partial charge in [0.15, 0.2) is 9.84 Å². The average molecular weight is 630 g/mol. The minimum absolute atomic E-state index is 0.00906. The maximum atomic E-state index is 13.2. The minimum atomic E-state index is -4.39. The molecule has 0 bridgehead atoms. The summed E-state index contributed by atoms with van der Waals surface area (Å²) < 4.78 is 69.7. The van der Waals surface area contributed by atoms with E-state index in [1.54, 1.807) is 49.4 Å². The molecule has 236 valence electrons. The van der Waals surface area contributed by atoms with Crippen molar-refractivity contribution in [2.45, 2.75) is 49.2 Å². The Morgan fingerprint density at radius 2 is 1.66 bits per heavy atom. The van der Waals surface area contributed by atoms with Crippen molar-refractivity contribution in [3.63, 3.8) is 0 Å². The number of ether oxygens (including phenoxy) is 1. The molecule has 2 N–H and O–H groups in total. The van der Waals surface area contributed by atoms with Crippen molar-refractivity contribution in [3.05, 3.63) is 94.5 Å². The molecule has 2 saturated heterocycles. The summed E-state index contributed by atoms with van der Waals surface area (Å²) in [6, 6.07) is 17.9. The van der Waals surface area contributed by atoms with E-state index in [-0.39, 0.29) is 22.6 Å². The summed E-state index contributed by atoms with van der Waals surface area (Å²) in [7, 11) is -3.34. The van der Waals surface area contributed by atoms with Gasteiger partial charge in [0.05, 0.1) is 29.4 Å². The Labute approximate surface area is 256 Å². The second kappa shape index (κ2) is 13.3. The van der Waals surface area contributed by atoms with Gasteiger partial charge in [0.25, 0.3) is 0 Å². The van der Waals surface area contributed by atoms with Crippen LogP contribution in [0, 0.1) is 0 Å². The Bertz CT molecular complexity index is 1550. The fraction of sp³-hybridized carbons (Fsp3) is 0.424. The summed E-state index contributed by atoms with van der Waals surface area (Å²) in [6.07, 6.45) is -2.31. The number of rotatable bonds is 9. The van der Waals surface area contributed by atoms with Gasteiger partial charge < -0.3 is 15.4 Å². The lowest BCUT2D eigenvalue weighted by atomic mass is 9.86. The molecule has 2 aliphatic heterocycles. The van der Waals surface area contributed by atoms with Crippen LogP contribution < -0.4 is 10.6 Å². The zero-order chi connectivity index (χ0) is 31.5. The van der Waals surface area contributed by atoms with Gasteiger partial charge in [-0.1, -0.05) is 31.2 Å². The summed E-state index contributed by atoms with van der Waals surface area (Å²) in [5.41, 5.74) is 8.82. The Morgan fingerprint density at radius 1 is 0.977 bits per heavy atom. The van der Waals surface area contributed by atoms with Crippen LogP contribution in [-0.4, -0.2) is 70.4 Å². The molecule has 0 aromatic heterocycles. The van der Waals surface area contributed by atoms with E-state index in [1.807, 2.05) is 12.1 Å².